The molecule has 0 nitrogen and oxygen atoms in total. The van der Waals surface area contributed by atoms with Crippen LogP contribution in [0, 0.1) is 31.4 Å². The van der Waals surface area contributed by atoms with Crippen molar-refractivity contribution in [2.24, 2.45) is 5.92 Å². The average Bonchev–Trinajstić information content (AvgIpc) is 2.22. The van der Waals surface area contributed by atoms with Crippen LogP contribution in [0.5, 0.6) is 0 Å². The maximum atomic E-state index is 13.6. The van der Waals surface area contributed by atoms with Crippen molar-refractivity contribution >= 4 is 0 Å². The fourth-order valence-electron chi connectivity index (χ4n) is 1.63. The first kappa shape index (κ1) is 12.2. The highest BCUT2D eigenvalue weighted by Gasteiger charge is 2.13. The molecule has 0 radical (unpaired) electrons. The third-order valence-electron chi connectivity index (χ3n) is 3.06. The molecule has 0 aromatic heterocycles. The number of halogens is 2. The third-order valence-corrected chi connectivity index (χ3v) is 3.06. The van der Waals surface area contributed by atoms with E-state index in [-0.39, 0.29) is 5.56 Å². The maximum Gasteiger partial charge on any atom is 0.132 e. The average molecular weight is 212 g/mol. The lowest BCUT2D eigenvalue weighted by atomic mass is 9.94. The van der Waals surface area contributed by atoms with Gasteiger partial charge in [0.2, 0.25) is 0 Å². The summed E-state index contributed by atoms with van der Waals surface area (Å²) in [5, 5.41) is 0. The molecule has 2 heteroatoms. The molecule has 0 saturated carbocycles. The Morgan fingerprint density at radius 3 is 2.33 bits per heavy atom. The van der Waals surface area contributed by atoms with E-state index in [0.29, 0.717) is 11.5 Å². The van der Waals surface area contributed by atoms with Crippen molar-refractivity contribution < 1.29 is 8.78 Å². The van der Waals surface area contributed by atoms with Gasteiger partial charge in [-0.1, -0.05) is 20.3 Å². The summed E-state index contributed by atoms with van der Waals surface area (Å²) in [5.41, 5.74) is 1.51. The van der Waals surface area contributed by atoms with Crippen LogP contribution in [0.4, 0.5) is 8.78 Å². The maximum absolute atomic E-state index is 13.6. The molecule has 0 amide bonds. The molecule has 0 aliphatic rings. The van der Waals surface area contributed by atoms with Crippen LogP contribution in [0.25, 0.3) is 0 Å². The molecule has 1 aromatic rings. The highest BCUT2D eigenvalue weighted by Crippen LogP contribution is 2.22. The lowest BCUT2D eigenvalue weighted by Gasteiger charge is -2.13. The minimum Gasteiger partial charge on any atom is -0.207 e. The molecular formula is C13H18F2. The van der Waals surface area contributed by atoms with Crippen molar-refractivity contribution in [1.82, 2.24) is 0 Å². The lowest BCUT2D eigenvalue weighted by molar-refractivity contribution is 0.532. The molecule has 1 rings (SSSR count). The quantitative estimate of drug-likeness (QED) is 0.705. The van der Waals surface area contributed by atoms with Gasteiger partial charge in [-0.3, -0.25) is 0 Å². The molecule has 0 fully saturated rings. The molecule has 1 unspecified atom stereocenters. The molecule has 0 aliphatic heterocycles. The smallest absolute Gasteiger partial charge is 0.132 e. The summed E-state index contributed by atoms with van der Waals surface area (Å²) in [7, 11) is 0. The van der Waals surface area contributed by atoms with Crippen LogP contribution in [-0.4, -0.2) is 0 Å². The lowest BCUT2D eigenvalue weighted by Crippen LogP contribution is -2.04. The van der Waals surface area contributed by atoms with Gasteiger partial charge >= 0.3 is 0 Å². The zero-order chi connectivity index (χ0) is 11.6. The molecule has 0 heterocycles. The van der Waals surface area contributed by atoms with Crippen molar-refractivity contribution in [2.45, 2.75) is 40.5 Å². The minimum absolute atomic E-state index is 0.125. The fraction of sp³-hybridized carbons (Fsp3) is 0.538. The standard InChI is InChI=1S/C13H18F2/c1-5-8(2)6-11-7-12(14)10(4)13(15)9(11)3/h7-8H,5-6H2,1-4H3. The zero-order valence-electron chi connectivity index (χ0n) is 9.82. The normalized spacial score (nSPS) is 12.9. The summed E-state index contributed by atoms with van der Waals surface area (Å²) in [6.07, 6.45) is 1.77. The number of hydrogen-bond donors (Lipinski definition) is 0. The second kappa shape index (κ2) is 4.73. The van der Waals surface area contributed by atoms with Crippen LogP contribution in [0.3, 0.4) is 0 Å². The Morgan fingerprint density at radius 1 is 1.20 bits per heavy atom. The summed E-state index contributed by atoms with van der Waals surface area (Å²) >= 11 is 0. The second-order valence-electron chi connectivity index (χ2n) is 4.30. The van der Waals surface area contributed by atoms with Gasteiger partial charge in [0.25, 0.3) is 0 Å². The van der Waals surface area contributed by atoms with Gasteiger partial charge in [0.05, 0.1) is 0 Å². The molecule has 0 bridgehead atoms. The monoisotopic (exact) mass is 212 g/mol. The molecule has 1 atom stereocenters. The van der Waals surface area contributed by atoms with Gasteiger partial charge in [-0.25, -0.2) is 8.78 Å². The van der Waals surface area contributed by atoms with Gasteiger partial charge < -0.3 is 0 Å². The van der Waals surface area contributed by atoms with Crippen LogP contribution in [0.1, 0.15) is 37.0 Å². The van der Waals surface area contributed by atoms with Gasteiger partial charge in [-0.2, -0.15) is 0 Å². The SMILES string of the molecule is CCC(C)Cc1cc(F)c(C)c(F)c1C. The molecule has 0 spiro atoms. The number of hydrogen-bond acceptors (Lipinski definition) is 0. The van der Waals surface area contributed by atoms with Crippen LogP contribution in [-0.2, 0) is 6.42 Å². The molecule has 84 valence electrons. The molecule has 0 N–H and O–H groups in total. The van der Waals surface area contributed by atoms with E-state index in [4.69, 9.17) is 0 Å². The van der Waals surface area contributed by atoms with Crippen LogP contribution in [0.15, 0.2) is 6.07 Å². The topological polar surface area (TPSA) is 0 Å². The number of benzene rings is 1. The summed E-state index contributed by atoms with van der Waals surface area (Å²) in [4.78, 5) is 0. The van der Waals surface area contributed by atoms with Gasteiger partial charge in [-0.15, -0.1) is 0 Å². The zero-order valence-corrected chi connectivity index (χ0v) is 9.82. The first-order valence-electron chi connectivity index (χ1n) is 5.41. The van der Waals surface area contributed by atoms with Gasteiger partial charge in [0, 0.05) is 5.56 Å². The van der Waals surface area contributed by atoms with Crippen molar-refractivity contribution in [3.8, 4) is 0 Å². The Bertz CT molecular complexity index is 356. The molecule has 15 heavy (non-hydrogen) atoms. The van der Waals surface area contributed by atoms with Crippen LogP contribution in [0.2, 0.25) is 0 Å². The van der Waals surface area contributed by atoms with E-state index >= 15 is 0 Å². The summed E-state index contributed by atoms with van der Waals surface area (Å²) in [6, 6.07) is 1.47. The Hall–Kier alpha value is -0.920. The second-order valence-corrected chi connectivity index (χ2v) is 4.30. The van der Waals surface area contributed by atoms with Crippen molar-refractivity contribution in [3.63, 3.8) is 0 Å². The first-order valence-corrected chi connectivity index (χ1v) is 5.41. The van der Waals surface area contributed by atoms with E-state index in [1.165, 1.54) is 13.0 Å². The van der Waals surface area contributed by atoms with Crippen molar-refractivity contribution in [1.29, 1.82) is 0 Å². The number of rotatable bonds is 3. The predicted molar refractivity (Wildman–Crippen MR) is 59.0 cm³/mol. The van der Waals surface area contributed by atoms with E-state index in [1.807, 2.05) is 0 Å². The summed E-state index contributed by atoms with van der Waals surface area (Å²) in [6.45, 7) is 7.38. The molecule has 0 saturated heterocycles. The van der Waals surface area contributed by atoms with Gasteiger partial charge in [-0.05, 0) is 43.4 Å². The summed E-state index contributed by atoms with van der Waals surface area (Å²) in [5.74, 6) is -0.366. The van der Waals surface area contributed by atoms with Gasteiger partial charge in [0.15, 0.2) is 0 Å². The first-order chi connectivity index (χ1) is 6.97. The predicted octanol–water partition coefficient (Wildman–Crippen LogP) is 4.17. The van der Waals surface area contributed by atoms with Crippen LogP contribution < -0.4 is 0 Å². The van der Waals surface area contributed by atoms with Gasteiger partial charge in [0.1, 0.15) is 11.6 Å². The minimum atomic E-state index is -0.434. The molecular weight excluding hydrogens is 194 g/mol. The van der Waals surface area contributed by atoms with Crippen molar-refractivity contribution in [2.75, 3.05) is 0 Å². The molecule has 1 aromatic carbocycles. The highest BCUT2D eigenvalue weighted by atomic mass is 19.1. The van der Waals surface area contributed by atoms with E-state index in [2.05, 4.69) is 13.8 Å². The summed E-state index contributed by atoms with van der Waals surface area (Å²) < 4.78 is 26.9. The Labute approximate surface area is 90.3 Å². The van der Waals surface area contributed by atoms with E-state index in [9.17, 15) is 8.78 Å². The highest BCUT2D eigenvalue weighted by molar-refractivity contribution is 5.33. The van der Waals surface area contributed by atoms with Crippen LogP contribution >= 0.6 is 0 Å². The van der Waals surface area contributed by atoms with E-state index < -0.39 is 11.6 Å². The fourth-order valence-corrected chi connectivity index (χ4v) is 1.63. The van der Waals surface area contributed by atoms with E-state index in [0.717, 1.165) is 18.4 Å². The Morgan fingerprint density at radius 2 is 1.80 bits per heavy atom. The largest absolute Gasteiger partial charge is 0.207 e. The molecule has 0 aliphatic carbocycles. The Kier molecular flexibility index (Phi) is 3.83. The van der Waals surface area contributed by atoms with E-state index in [1.54, 1.807) is 6.92 Å². The third kappa shape index (κ3) is 2.55. The Balaban J connectivity index is 3.09. The van der Waals surface area contributed by atoms with Crippen molar-refractivity contribution in [3.05, 3.63) is 34.4 Å².